The number of aromatic nitrogens is 1. The summed E-state index contributed by atoms with van der Waals surface area (Å²) in [4.78, 5) is 6.21. The van der Waals surface area contributed by atoms with E-state index in [1.54, 1.807) is 0 Å². The van der Waals surface area contributed by atoms with E-state index in [0.29, 0.717) is 5.25 Å². The Labute approximate surface area is 112 Å². The van der Waals surface area contributed by atoms with Crippen LogP contribution in [0.4, 0.5) is 0 Å². The molecule has 2 heterocycles. The van der Waals surface area contributed by atoms with Gasteiger partial charge < -0.3 is 5.32 Å². The van der Waals surface area contributed by atoms with E-state index >= 15 is 0 Å². The number of nitrogens with zero attached hydrogens (tertiary/aromatic N) is 1. The molecule has 2 nitrogen and oxygen atoms in total. The summed E-state index contributed by atoms with van der Waals surface area (Å²) in [5.74, 6) is 1.26. The van der Waals surface area contributed by atoms with Gasteiger partial charge in [0.15, 0.2) is 0 Å². The van der Waals surface area contributed by atoms with Crippen LogP contribution in [0.1, 0.15) is 41.8 Å². The third-order valence-electron chi connectivity index (χ3n) is 4.01. The fourth-order valence-electron chi connectivity index (χ4n) is 2.53. The van der Waals surface area contributed by atoms with Gasteiger partial charge in [0, 0.05) is 16.2 Å². The first-order chi connectivity index (χ1) is 8.12. The van der Waals surface area contributed by atoms with Gasteiger partial charge in [0.05, 0.1) is 11.2 Å². The predicted octanol–water partition coefficient (Wildman–Crippen LogP) is 3.23. The molecule has 94 valence electrons. The van der Waals surface area contributed by atoms with Crippen LogP contribution in [-0.4, -0.2) is 22.0 Å². The van der Waals surface area contributed by atoms with Crippen molar-refractivity contribution < 1.29 is 0 Å². The summed E-state index contributed by atoms with van der Waals surface area (Å²) < 4.78 is 0. The molecular formula is C13H20N2S2. The number of nitrogens with one attached hydrogen (secondary N) is 1. The third kappa shape index (κ3) is 2.04. The topological polar surface area (TPSA) is 24.9 Å². The average molecular weight is 268 g/mol. The first kappa shape index (κ1) is 12.0. The Morgan fingerprint density at radius 1 is 1.35 bits per heavy atom. The Morgan fingerprint density at radius 3 is 2.59 bits per heavy atom. The van der Waals surface area contributed by atoms with Crippen LogP contribution in [0.3, 0.4) is 0 Å². The lowest BCUT2D eigenvalue weighted by molar-refractivity contribution is 0.328. The molecule has 1 saturated carbocycles. The Bertz CT molecular complexity index is 406. The number of aryl methyl sites for hydroxylation is 2. The molecule has 17 heavy (non-hydrogen) atoms. The SMILES string of the molecule is Cc1nc(C2(NC3CC3)CCSC2C)sc1C. The standard InChI is InChI=1S/C13H20N2S2/c1-8-9(2)17-12(14-8)13(15-11-4-5-11)6-7-16-10(13)3/h10-11,15H,4-7H2,1-3H3. The molecule has 1 saturated heterocycles. The normalized spacial score (nSPS) is 33.2. The Hall–Kier alpha value is -0.0600. The zero-order valence-corrected chi connectivity index (χ0v) is 12.4. The Kier molecular flexibility index (Phi) is 3.00. The lowest BCUT2D eigenvalue weighted by atomic mass is 9.93. The number of thiazole rings is 1. The highest BCUT2D eigenvalue weighted by Crippen LogP contribution is 2.46. The highest BCUT2D eigenvalue weighted by atomic mass is 32.2. The van der Waals surface area contributed by atoms with Gasteiger partial charge in [-0.1, -0.05) is 6.92 Å². The van der Waals surface area contributed by atoms with Gasteiger partial charge in [-0.15, -0.1) is 11.3 Å². The average Bonchev–Trinajstić information content (AvgIpc) is 2.93. The maximum absolute atomic E-state index is 4.84. The molecule has 1 N–H and O–H groups in total. The summed E-state index contributed by atoms with van der Waals surface area (Å²) in [5.41, 5.74) is 1.38. The molecule has 3 rings (SSSR count). The predicted molar refractivity (Wildman–Crippen MR) is 76.0 cm³/mol. The minimum atomic E-state index is 0.162. The maximum Gasteiger partial charge on any atom is 0.114 e. The van der Waals surface area contributed by atoms with E-state index < -0.39 is 0 Å². The molecule has 4 heteroatoms. The summed E-state index contributed by atoms with van der Waals surface area (Å²) in [5, 5.41) is 5.88. The van der Waals surface area contributed by atoms with Gasteiger partial charge >= 0.3 is 0 Å². The molecule has 2 unspecified atom stereocenters. The molecule has 0 radical (unpaired) electrons. The quantitative estimate of drug-likeness (QED) is 0.911. The van der Waals surface area contributed by atoms with Crippen LogP contribution in [0, 0.1) is 13.8 Å². The molecule has 2 aliphatic rings. The van der Waals surface area contributed by atoms with Crippen LogP contribution in [0.2, 0.25) is 0 Å². The van der Waals surface area contributed by atoms with Crippen LogP contribution in [0.5, 0.6) is 0 Å². The highest BCUT2D eigenvalue weighted by molar-refractivity contribution is 8.00. The van der Waals surface area contributed by atoms with Crippen LogP contribution < -0.4 is 5.32 Å². The van der Waals surface area contributed by atoms with Gasteiger partial charge in [-0.05, 0) is 38.9 Å². The van der Waals surface area contributed by atoms with Gasteiger partial charge in [-0.2, -0.15) is 11.8 Å². The van der Waals surface area contributed by atoms with Gasteiger partial charge in [0.25, 0.3) is 0 Å². The second-order valence-corrected chi connectivity index (χ2v) is 7.97. The first-order valence-corrected chi connectivity index (χ1v) is 8.32. The third-order valence-corrected chi connectivity index (χ3v) is 6.60. The van der Waals surface area contributed by atoms with E-state index in [4.69, 9.17) is 4.98 Å². The largest absolute Gasteiger partial charge is 0.302 e. The van der Waals surface area contributed by atoms with Crippen LogP contribution >= 0.6 is 23.1 Å². The lowest BCUT2D eigenvalue weighted by Crippen LogP contribution is -2.47. The lowest BCUT2D eigenvalue weighted by Gasteiger charge is -2.32. The molecule has 1 aliphatic carbocycles. The van der Waals surface area contributed by atoms with Crippen molar-refractivity contribution in [2.45, 2.75) is 56.9 Å². The number of hydrogen-bond acceptors (Lipinski definition) is 4. The smallest absolute Gasteiger partial charge is 0.114 e. The Balaban J connectivity index is 1.97. The molecular weight excluding hydrogens is 248 g/mol. The zero-order valence-electron chi connectivity index (χ0n) is 10.7. The minimum absolute atomic E-state index is 0.162. The molecule has 2 atom stereocenters. The van der Waals surface area contributed by atoms with Crippen molar-refractivity contribution in [3.8, 4) is 0 Å². The second kappa shape index (κ2) is 4.25. The molecule has 0 spiro atoms. The van der Waals surface area contributed by atoms with Crippen molar-refractivity contribution >= 4 is 23.1 Å². The first-order valence-electron chi connectivity index (χ1n) is 6.45. The summed E-state index contributed by atoms with van der Waals surface area (Å²) >= 11 is 3.99. The monoisotopic (exact) mass is 268 g/mol. The van der Waals surface area contributed by atoms with Crippen LogP contribution in [-0.2, 0) is 5.54 Å². The van der Waals surface area contributed by atoms with Crippen LogP contribution in [0.25, 0.3) is 0 Å². The number of hydrogen-bond donors (Lipinski definition) is 1. The fraction of sp³-hybridized carbons (Fsp3) is 0.769. The zero-order chi connectivity index (χ0) is 12.0. The molecule has 1 aromatic rings. The fourth-order valence-corrected chi connectivity index (χ4v) is 5.17. The van der Waals surface area contributed by atoms with Crippen molar-refractivity contribution in [2.75, 3.05) is 5.75 Å². The van der Waals surface area contributed by atoms with Crippen molar-refractivity contribution in [2.24, 2.45) is 0 Å². The number of rotatable bonds is 3. The van der Waals surface area contributed by atoms with E-state index in [0.717, 1.165) is 6.04 Å². The van der Waals surface area contributed by atoms with Crippen molar-refractivity contribution in [3.63, 3.8) is 0 Å². The summed E-state index contributed by atoms with van der Waals surface area (Å²) in [7, 11) is 0. The van der Waals surface area contributed by atoms with Crippen molar-refractivity contribution in [1.82, 2.24) is 10.3 Å². The van der Waals surface area contributed by atoms with E-state index in [2.05, 4.69) is 37.8 Å². The minimum Gasteiger partial charge on any atom is -0.302 e. The molecule has 1 aromatic heterocycles. The van der Waals surface area contributed by atoms with E-state index in [1.807, 2.05) is 11.3 Å². The summed E-state index contributed by atoms with van der Waals surface area (Å²) in [6, 6.07) is 0.751. The van der Waals surface area contributed by atoms with E-state index in [-0.39, 0.29) is 5.54 Å². The van der Waals surface area contributed by atoms with Gasteiger partial charge in [-0.3, -0.25) is 0 Å². The second-order valence-electron chi connectivity index (χ2n) is 5.31. The molecule has 2 fully saturated rings. The van der Waals surface area contributed by atoms with Gasteiger partial charge in [0.2, 0.25) is 0 Å². The molecule has 0 bridgehead atoms. The molecule has 0 aromatic carbocycles. The van der Waals surface area contributed by atoms with E-state index in [1.165, 1.54) is 40.6 Å². The van der Waals surface area contributed by atoms with Gasteiger partial charge in [-0.25, -0.2) is 4.98 Å². The molecule has 1 aliphatic heterocycles. The maximum atomic E-state index is 4.84. The summed E-state index contributed by atoms with van der Waals surface area (Å²) in [6.45, 7) is 6.68. The summed E-state index contributed by atoms with van der Waals surface area (Å²) in [6.07, 6.45) is 3.94. The van der Waals surface area contributed by atoms with Gasteiger partial charge in [0.1, 0.15) is 5.01 Å². The van der Waals surface area contributed by atoms with Crippen molar-refractivity contribution in [1.29, 1.82) is 0 Å². The Morgan fingerprint density at radius 2 is 2.12 bits per heavy atom. The van der Waals surface area contributed by atoms with Crippen molar-refractivity contribution in [3.05, 3.63) is 15.6 Å². The highest BCUT2D eigenvalue weighted by Gasteiger charge is 2.47. The number of thioether (sulfide) groups is 1. The van der Waals surface area contributed by atoms with Crippen LogP contribution in [0.15, 0.2) is 0 Å². The molecule has 0 amide bonds. The van der Waals surface area contributed by atoms with E-state index in [9.17, 15) is 0 Å².